The molecule has 4 aromatic carbocycles. The summed E-state index contributed by atoms with van der Waals surface area (Å²) >= 11 is 27.5. The predicted octanol–water partition coefficient (Wildman–Crippen LogP) is 9.76. The molecule has 0 bridgehead atoms. The molecule has 0 aliphatic carbocycles. The van der Waals surface area contributed by atoms with Crippen LogP contribution >= 0.6 is 58.0 Å². The van der Waals surface area contributed by atoms with Crippen LogP contribution < -0.4 is 11.5 Å². The van der Waals surface area contributed by atoms with Gasteiger partial charge >= 0.3 is 0 Å². The van der Waals surface area contributed by atoms with Gasteiger partial charge in [-0.3, -0.25) is 19.2 Å². The monoisotopic (exact) mass is 712 g/mol. The maximum Gasteiger partial charge on any atom is 0.255 e. The van der Waals surface area contributed by atoms with Crippen molar-refractivity contribution in [1.82, 2.24) is 0 Å². The fourth-order valence-corrected chi connectivity index (χ4v) is 4.11. The number of nitrogens with two attached hydrogens (primary N) is 2. The van der Waals surface area contributed by atoms with Crippen molar-refractivity contribution in [3.05, 3.63) is 132 Å². The second kappa shape index (κ2) is 16.5. The Morgan fingerprint density at radius 3 is 1.73 bits per heavy atom. The highest BCUT2D eigenvalue weighted by molar-refractivity contribution is 6.68. The standard InChI is InChI=1S/C15H10Cl2FNO2.C8H8FNO.C7H2Cl3FO.4H2/c16-11-6-10(13(18)7-12(11)17)14(20)5-8-2-1-3-9(4-8)15(19)21;1-5(11)7-4-6(10)2-3-8(7)9;8-4-1-3(7(10)12)6(11)2-5(4)9;;;;/h1-4,6-7H,5H2,(H2,19,21);2-4H,10H2,1H3;1-2H;4*1H. The Hall–Kier alpha value is -3.60. The van der Waals surface area contributed by atoms with Crippen LogP contribution in [0.1, 0.15) is 59.6 Å². The van der Waals surface area contributed by atoms with E-state index < -0.39 is 34.4 Å². The lowest BCUT2D eigenvalue weighted by atomic mass is 10.0. The van der Waals surface area contributed by atoms with E-state index in [1.165, 1.54) is 43.3 Å². The molecule has 14 heteroatoms. The van der Waals surface area contributed by atoms with Crippen molar-refractivity contribution >= 4 is 86.4 Å². The Labute approximate surface area is 280 Å². The van der Waals surface area contributed by atoms with Crippen molar-refractivity contribution in [3.8, 4) is 0 Å². The van der Waals surface area contributed by atoms with E-state index in [0.29, 0.717) is 11.3 Å². The van der Waals surface area contributed by atoms with E-state index in [0.717, 1.165) is 18.2 Å². The third-order valence-corrected chi connectivity index (χ3v) is 7.13. The predicted molar refractivity (Wildman–Crippen MR) is 175 cm³/mol. The van der Waals surface area contributed by atoms with Gasteiger partial charge in [0.05, 0.1) is 36.8 Å². The summed E-state index contributed by atoms with van der Waals surface area (Å²) in [5.74, 6) is -3.40. The minimum Gasteiger partial charge on any atom is -0.399 e. The van der Waals surface area contributed by atoms with Gasteiger partial charge in [0.2, 0.25) is 5.91 Å². The Morgan fingerprint density at radius 1 is 0.705 bits per heavy atom. The number of ketones is 2. The van der Waals surface area contributed by atoms with Crippen LogP contribution in [-0.2, 0) is 6.42 Å². The summed E-state index contributed by atoms with van der Waals surface area (Å²) in [6.45, 7) is 1.30. The highest BCUT2D eigenvalue weighted by Crippen LogP contribution is 2.27. The van der Waals surface area contributed by atoms with Gasteiger partial charge < -0.3 is 11.5 Å². The molecule has 0 saturated heterocycles. The Morgan fingerprint density at radius 2 is 1.23 bits per heavy atom. The second-order valence-corrected chi connectivity index (χ2v) is 10.7. The van der Waals surface area contributed by atoms with Crippen LogP contribution in [0, 0.1) is 17.5 Å². The summed E-state index contributed by atoms with van der Waals surface area (Å²) < 4.78 is 39.3. The van der Waals surface area contributed by atoms with Crippen molar-refractivity contribution < 1.29 is 38.1 Å². The minimum absolute atomic E-state index is 0. The van der Waals surface area contributed by atoms with Crippen LogP contribution in [0.5, 0.6) is 0 Å². The van der Waals surface area contributed by atoms with Crippen LogP contribution in [0.25, 0.3) is 0 Å². The molecule has 0 radical (unpaired) electrons. The lowest BCUT2D eigenvalue weighted by Gasteiger charge is -2.06. The van der Waals surface area contributed by atoms with Gasteiger partial charge in [-0.25, -0.2) is 13.2 Å². The molecule has 4 aromatic rings. The van der Waals surface area contributed by atoms with E-state index in [4.69, 9.17) is 69.5 Å². The SMILES string of the molecule is CC(=O)c1cc(N)ccc1F.NC(=O)c1cccc(CC(=O)c2cc(Cl)c(Cl)cc2F)c1.O=C(Cl)c1cc(Cl)c(Cl)cc1F.[HH].[HH].[HH].[HH]. The molecule has 0 aliphatic heterocycles. The van der Waals surface area contributed by atoms with E-state index in [1.54, 1.807) is 12.1 Å². The highest BCUT2D eigenvalue weighted by atomic mass is 35.5. The van der Waals surface area contributed by atoms with Gasteiger partial charge in [0.1, 0.15) is 17.5 Å². The maximum absolute atomic E-state index is 13.8. The second-order valence-electron chi connectivity index (χ2n) is 8.73. The maximum atomic E-state index is 13.8. The van der Waals surface area contributed by atoms with Crippen molar-refractivity contribution in [2.75, 3.05) is 5.73 Å². The van der Waals surface area contributed by atoms with Gasteiger partial charge in [0.25, 0.3) is 5.24 Å². The number of carbonyl (C=O) groups is 4. The fourth-order valence-electron chi connectivity index (χ4n) is 3.34. The van der Waals surface area contributed by atoms with Crippen molar-refractivity contribution in [2.24, 2.45) is 5.73 Å². The number of nitrogen functional groups attached to an aromatic ring is 1. The normalized spacial score (nSPS) is 10.1. The van der Waals surface area contributed by atoms with Crippen molar-refractivity contribution in [1.29, 1.82) is 0 Å². The third-order valence-electron chi connectivity index (χ3n) is 5.48. The number of rotatable bonds is 6. The molecule has 0 aromatic heterocycles. The number of carbonyl (C=O) groups excluding carboxylic acids is 4. The van der Waals surface area contributed by atoms with E-state index in [-0.39, 0.29) is 60.3 Å². The van der Waals surface area contributed by atoms with Crippen LogP contribution in [0.3, 0.4) is 0 Å². The summed E-state index contributed by atoms with van der Waals surface area (Å²) in [6.07, 6.45) is -0.0734. The molecule has 0 spiro atoms. The first-order valence-electron chi connectivity index (χ1n) is 12.0. The Bertz CT molecular complexity index is 1770. The van der Waals surface area contributed by atoms with E-state index >= 15 is 0 Å². The first-order valence-corrected chi connectivity index (χ1v) is 13.9. The zero-order valence-electron chi connectivity index (χ0n) is 22.4. The van der Waals surface area contributed by atoms with E-state index in [9.17, 15) is 32.3 Å². The number of anilines is 1. The lowest BCUT2D eigenvalue weighted by Crippen LogP contribution is -2.12. The summed E-state index contributed by atoms with van der Waals surface area (Å²) in [4.78, 5) is 44.5. The smallest absolute Gasteiger partial charge is 0.255 e. The number of Topliss-reactive ketones (excluding diaryl/α,β-unsaturated/α-hetero) is 2. The van der Waals surface area contributed by atoms with Gasteiger partial charge in [-0.1, -0.05) is 58.5 Å². The van der Waals surface area contributed by atoms with Crippen LogP contribution in [0.2, 0.25) is 20.1 Å². The minimum atomic E-state index is -0.897. The Kier molecular flexibility index (Phi) is 13.7. The zero-order chi connectivity index (χ0) is 33.3. The molecule has 6 nitrogen and oxygen atoms in total. The van der Waals surface area contributed by atoms with Crippen LogP contribution in [0.4, 0.5) is 18.9 Å². The number of halogens is 8. The topological polar surface area (TPSA) is 120 Å². The molecule has 0 unspecified atom stereocenters. The number of amides is 1. The molecule has 4 N–H and O–H groups in total. The number of primary amides is 1. The molecular formula is C30H28Cl5F3N2O4. The zero-order valence-corrected chi connectivity index (χ0v) is 26.1. The van der Waals surface area contributed by atoms with Gasteiger partial charge in [0.15, 0.2) is 11.6 Å². The first-order chi connectivity index (χ1) is 20.5. The van der Waals surface area contributed by atoms with Gasteiger partial charge in [-0.05, 0) is 78.7 Å². The molecule has 238 valence electrons. The lowest BCUT2D eigenvalue weighted by molar-refractivity contribution is 0.0981. The number of hydrogen-bond donors (Lipinski definition) is 2. The average Bonchev–Trinajstić information content (AvgIpc) is 2.94. The molecule has 1 amide bonds. The summed E-state index contributed by atoms with van der Waals surface area (Å²) in [6, 6.07) is 14.5. The Balaban J connectivity index is -0.000000650. The molecule has 4 rings (SSSR count). The molecule has 0 heterocycles. The molecule has 0 aliphatic rings. The van der Waals surface area contributed by atoms with E-state index in [2.05, 4.69) is 0 Å². The molecule has 0 saturated carbocycles. The summed E-state index contributed by atoms with van der Waals surface area (Å²) in [5.41, 5.74) is 11.4. The van der Waals surface area contributed by atoms with Crippen molar-refractivity contribution in [2.45, 2.75) is 13.3 Å². The summed E-state index contributed by atoms with van der Waals surface area (Å²) in [7, 11) is 0. The number of hydrogen-bond acceptors (Lipinski definition) is 5. The van der Waals surface area contributed by atoms with Gasteiger partial charge in [0, 0.05) is 23.4 Å². The fraction of sp³-hybridized carbons (Fsp3) is 0.0667. The molecule has 44 heavy (non-hydrogen) atoms. The first kappa shape index (κ1) is 36.6. The van der Waals surface area contributed by atoms with E-state index in [1.807, 2.05) is 0 Å². The average molecular weight is 715 g/mol. The summed E-state index contributed by atoms with van der Waals surface area (Å²) in [5, 5.41) is -0.599. The quantitative estimate of drug-likeness (QED) is 0.0892. The highest BCUT2D eigenvalue weighted by Gasteiger charge is 2.16. The van der Waals surface area contributed by atoms with Crippen LogP contribution in [-0.4, -0.2) is 22.7 Å². The molecule has 0 atom stereocenters. The molecular weight excluding hydrogens is 687 g/mol. The third kappa shape index (κ3) is 10.5. The van der Waals surface area contributed by atoms with Gasteiger partial charge in [-0.2, -0.15) is 0 Å². The largest absolute Gasteiger partial charge is 0.399 e. The number of benzene rings is 4. The molecule has 0 fully saturated rings. The van der Waals surface area contributed by atoms with Gasteiger partial charge in [-0.15, -0.1) is 0 Å². The van der Waals surface area contributed by atoms with Crippen LogP contribution in [0.15, 0.2) is 66.7 Å². The van der Waals surface area contributed by atoms with Crippen molar-refractivity contribution in [3.63, 3.8) is 0 Å².